The van der Waals surface area contributed by atoms with Crippen molar-refractivity contribution in [3.63, 3.8) is 0 Å². The number of methoxy groups -OCH3 is 1. The fourth-order valence-electron chi connectivity index (χ4n) is 1.23. The molecule has 1 unspecified atom stereocenters. The maximum atomic E-state index is 11.4. The first-order valence-electron chi connectivity index (χ1n) is 4.95. The minimum absolute atomic E-state index is 0.179. The Hall–Kier alpha value is -0.220. The molecule has 0 fully saturated rings. The second kappa shape index (κ2) is 7.12. The summed E-state index contributed by atoms with van der Waals surface area (Å²) in [6, 6.07) is 0. The number of hydrogen-bond acceptors (Lipinski definition) is 4. The first kappa shape index (κ1) is 13.8. The SMILES string of the molecule is CCSCCCC(C)(NC)C(=O)OC. The fourth-order valence-corrected chi connectivity index (χ4v) is 1.86. The van der Waals surface area contributed by atoms with Crippen LogP contribution in [0.3, 0.4) is 0 Å². The summed E-state index contributed by atoms with van der Waals surface area (Å²) in [5, 5.41) is 3.02. The smallest absolute Gasteiger partial charge is 0.325 e. The van der Waals surface area contributed by atoms with Gasteiger partial charge in [-0.1, -0.05) is 6.92 Å². The van der Waals surface area contributed by atoms with Gasteiger partial charge in [0.2, 0.25) is 0 Å². The quantitative estimate of drug-likeness (QED) is 0.522. The van der Waals surface area contributed by atoms with Crippen LogP contribution in [0.25, 0.3) is 0 Å². The van der Waals surface area contributed by atoms with E-state index in [0.717, 1.165) is 24.3 Å². The van der Waals surface area contributed by atoms with Gasteiger partial charge in [0, 0.05) is 0 Å². The molecule has 84 valence electrons. The summed E-state index contributed by atoms with van der Waals surface area (Å²) in [5.41, 5.74) is -0.525. The molecule has 0 aliphatic carbocycles. The first-order valence-corrected chi connectivity index (χ1v) is 6.11. The monoisotopic (exact) mass is 219 g/mol. The number of thioether (sulfide) groups is 1. The van der Waals surface area contributed by atoms with E-state index in [9.17, 15) is 4.79 Å². The molecule has 0 heterocycles. The van der Waals surface area contributed by atoms with E-state index in [1.54, 1.807) is 7.05 Å². The molecule has 1 atom stereocenters. The molecule has 0 aliphatic rings. The highest BCUT2D eigenvalue weighted by molar-refractivity contribution is 7.99. The summed E-state index contributed by atoms with van der Waals surface area (Å²) in [6.07, 6.45) is 1.86. The van der Waals surface area contributed by atoms with Crippen LogP contribution in [0, 0.1) is 0 Å². The Bertz CT molecular complexity index is 176. The lowest BCUT2D eigenvalue weighted by Crippen LogP contribution is -2.48. The summed E-state index contributed by atoms with van der Waals surface area (Å²) in [4.78, 5) is 11.4. The van der Waals surface area contributed by atoms with Crippen LogP contribution < -0.4 is 5.32 Å². The largest absolute Gasteiger partial charge is 0.468 e. The van der Waals surface area contributed by atoms with Gasteiger partial charge in [0.25, 0.3) is 0 Å². The Kier molecular flexibility index (Phi) is 7.01. The van der Waals surface area contributed by atoms with E-state index in [1.807, 2.05) is 18.7 Å². The minimum Gasteiger partial charge on any atom is -0.468 e. The Labute approximate surface area is 91.0 Å². The third-order valence-corrected chi connectivity index (χ3v) is 3.34. The van der Waals surface area contributed by atoms with Crippen molar-refractivity contribution >= 4 is 17.7 Å². The van der Waals surface area contributed by atoms with E-state index in [1.165, 1.54) is 7.11 Å². The van der Waals surface area contributed by atoms with Crippen molar-refractivity contribution in [3.05, 3.63) is 0 Å². The molecule has 0 rings (SSSR count). The predicted molar refractivity (Wildman–Crippen MR) is 61.7 cm³/mol. The van der Waals surface area contributed by atoms with Crippen LogP contribution in [0.2, 0.25) is 0 Å². The predicted octanol–water partition coefficient (Wildman–Crippen LogP) is 1.67. The van der Waals surface area contributed by atoms with Crippen LogP contribution >= 0.6 is 11.8 Å². The van der Waals surface area contributed by atoms with Gasteiger partial charge in [0.05, 0.1) is 7.11 Å². The zero-order valence-corrected chi connectivity index (χ0v) is 10.4. The molecule has 0 bridgehead atoms. The van der Waals surface area contributed by atoms with Gasteiger partial charge >= 0.3 is 5.97 Å². The number of rotatable bonds is 7. The highest BCUT2D eigenvalue weighted by Gasteiger charge is 2.31. The van der Waals surface area contributed by atoms with E-state index in [0.29, 0.717) is 0 Å². The molecule has 0 spiro atoms. The molecule has 0 aromatic rings. The van der Waals surface area contributed by atoms with Gasteiger partial charge in [0.1, 0.15) is 5.54 Å². The topological polar surface area (TPSA) is 38.3 Å². The molecule has 1 N–H and O–H groups in total. The van der Waals surface area contributed by atoms with Crippen molar-refractivity contribution in [2.24, 2.45) is 0 Å². The number of carbonyl (C=O) groups is 1. The van der Waals surface area contributed by atoms with Gasteiger partial charge in [-0.2, -0.15) is 11.8 Å². The number of hydrogen-bond donors (Lipinski definition) is 1. The van der Waals surface area contributed by atoms with Crippen molar-refractivity contribution in [1.29, 1.82) is 0 Å². The Morgan fingerprint density at radius 2 is 2.21 bits per heavy atom. The van der Waals surface area contributed by atoms with Gasteiger partial charge in [-0.15, -0.1) is 0 Å². The maximum Gasteiger partial charge on any atom is 0.325 e. The highest BCUT2D eigenvalue weighted by Crippen LogP contribution is 2.15. The van der Waals surface area contributed by atoms with Gasteiger partial charge in [-0.3, -0.25) is 4.79 Å². The zero-order chi connectivity index (χ0) is 11.0. The summed E-state index contributed by atoms with van der Waals surface area (Å²) in [5.74, 6) is 2.06. The van der Waals surface area contributed by atoms with Crippen molar-refractivity contribution in [3.8, 4) is 0 Å². The third-order valence-electron chi connectivity index (χ3n) is 2.36. The number of likely N-dealkylation sites (N-methyl/N-ethyl adjacent to an activating group) is 1. The molecule has 0 aromatic heterocycles. The van der Waals surface area contributed by atoms with Crippen LogP contribution in [0.4, 0.5) is 0 Å². The Balaban J connectivity index is 3.93. The molecule has 0 radical (unpaired) electrons. The maximum absolute atomic E-state index is 11.4. The van der Waals surface area contributed by atoms with Crippen LogP contribution in [-0.2, 0) is 9.53 Å². The molecular weight excluding hydrogens is 198 g/mol. The van der Waals surface area contributed by atoms with Crippen molar-refractivity contribution in [2.75, 3.05) is 25.7 Å². The van der Waals surface area contributed by atoms with E-state index in [2.05, 4.69) is 12.2 Å². The summed E-state index contributed by atoms with van der Waals surface area (Å²) >= 11 is 1.90. The highest BCUT2D eigenvalue weighted by atomic mass is 32.2. The van der Waals surface area contributed by atoms with Gasteiger partial charge in [-0.25, -0.2) is 0 Å². The molecule has 0 aliphatic heterocycles. The Morgan fingerprint density at radius 3 is 2.64 bits per heavy atom. The van der Waals surface area contributed by atoms with Gasteiger partial charge in [-0.05, 0) is 38.3 Å². The summed E-state index contributed by atoms with van der Waals surface area (Å²) < 4.78 is 4.76. The molecular formula is C10H21NO2S. The van der Waals surface area contributed by atoms with Crippen LogP contribution in [0.5, 0.6) is 0 Å². The van der Waals surface area contributed by atoms with E-state index >= 15 is 0 Å². The van der Waals surface area contributed by atoms with Crippen LogP contribution in [-0.4, -0.2) is 37.2 Å². The molecule has 0 amide bonds. The molecule has 4 heteroatoms. The van der Waals surface area contributed by atoms with Gasteiger partial charge in [0.15, 0.2) is 0 Å². The number of carbonyl (C=O) groups excluding carboxylic acids is 1. The van der Waals surface area contributed by atoms with E-state index < -0.39 is 5.54 Å². The Morgan fingerprint density at radius 1 is 1.57 bits per heavy atom. The lowest BCUT2D eigenvalue weighted by atomic mass is 9.97. The van der Waals surface area contributed by atoms with Crippen LogP contribution in [0.15, 0.2) is 0 Å². The van der Waals surface area contributed by atoms with Crippen molar-refractivity contribution < 1.29 is 9.53 Å². The minimum atomic E-state index is -0.525. The fraction of sp³-hybridized carbons (Fsp3) is 0.900. The normalized spacial score (nSPS) is 14.9. The standard InChI is InChI=1S/C10H21NO2S/c1-5-14-8-6-7-10(2,11-3)9(12)13-4/h11H,5-8H2,1-4H3. The lowest BCUT2D eigenvalue weighted by molar-refractivity contribution is -0.148. The van der Waals surface area contributed by atoms with E-state index in [-0.39, 0.29) is 5.97 Å². The van der Waals surface area contributed by atoms with Crippen molar-refractivity contribution in [1.82, 2.24) is 5.32 Å². The molecule has 0 saturated heterocycles. The average Bonchev–Trinajstić information content (AvgIpc) is 2.22. The molecule has 14 heavy (non-hydrogen) atoms. The van der Waals surface area contributed by atoms with E-state index in [4.69, 9.17) is 4.74 Å². The first-order chi connectivity index (χ1) is 6.60. The number of ether oxygens (including phenoxy) is 1. The number of nitrogens with one attached hydrogen (secondary N) is 1. The zero-order valence-electron chi connectivity index (χ0n) is 9.55. The average molecular weight is 219 g/mol. The lowest BCUT2D eigenvalue weighted by Gasteiger charge is -2.25. The summed E-state index contributed by atoms with van der Waals surface area (Å²) in [6.45, 7) is 4.03. The third kappa shape index (κ3) is 4.33. The second-order valence-corrected chi connectivity index (χ2v) is 4.77. The second-order valence-electron chi connectivity index (χ2n) is 3.37. The summed E-state index contributed by atoms with van der Waals surface area (Å²) in [7, 11) is 3.22. The molecule has 0 aromatic carbocycles. The molecule has 3 nitrogen and oxygen atoms in total. The molecule has 0 saturated carbocycles. The van der Waals surface area contributed by atoms with Gasteiger partial charge < -0.3 is 10.1 Å². The number of esters is 1. The van der Waals surface area contributed by atoms with Crippen molar-refractivity contribution in [2.45, 2.75) is 32.2 Å². The van der Waals surface area contributed by atoms with Crippen LogP contribution in [0.1, 0.15) is 26.7 Å².